The molecule has 198 valence electrons. The number of rotatable bonds is 4. The fraction of sp³-hybridized carbons (Fsp3) is 0.576. The van der Waals surface area contributed by atoms with Gasteiger partial charge >= 0.3 is 0 Å². The van der Waals surface area contributed by atoms with Gasteiger partial charge in [0.1, 0.15) is 0 Å². The summed E-state index contributed by atoms with van der Waals surface area (Å²) in [6.07, 6.45) is 11.1. The van der Waals surface area contributed by atoms with E-state index in [1.54, 1.807) is 0 Å². The maximum atomic E-state index is 4.68. The van der Waals surface area contributed by atoms with E-state index in [1.807, 2.05) is 41.8 Å². The van der Waals surface area contributed by atoms with Gasteiger partial charge in [-0.2, -0.15) is 0 Å². The molecule has 0 bridgehead atoms. The van der Waals surface area contributed by atoms with Crippen LogP contribution in [0.1, 0.15) is 104 Å². The van der Waals surface area contributed by atoms with Gasteiger partial charge in [-0.3, -0.25) is 9.98 Å². The third-order valence-corrected chi connectivity index (χ3v) is 6.27. The quantitative estimate of drug-likeness (QED) is 0.282. The lowest BCUT2D eigenvalue weighted by Gasteiger charge is -2.24. The Hall–Kier alpha value is -2.22. The van der Waals surface area contributed by atoms with E-state index < -0.39 is 0 Å². The van der Waals surface area contributed by atoms with Crippen molar-refractivity contribution < 1.29 is 0 Å². The molecule has 0 aromatic rings. The highest BCUT2D eigenvalue weighted by atomic mass is 14.8. The second-order valence-corrected chi connectivity index (χ2v) is 10.7. The van der Waals surface area contributed by atoms with Crippen molar-refractivity contribution in [1.82, 2.24) is 0 Å². The number of allylic oxidation sites excluding steroid dienone is 12. The Morgan fingerprint density at radius 3 is 1.34 bits per heavy atom. The van der Waals surface area contributed by atoms with E-state index in [0.29, 0.717) is 0 Å². The summed E-state index contributed by atoms with van der Waals surface area (Å²) in [6.45, 7) is 32.3. The average Bonchev–Trinajstić information content (AvgIpc) is 2.80. The van der Waals surface area contributed by atoms with Crippen molar-refractivity contribution in [2.75, 3.05) is 14.1 Å². The minimum absolute atomic E-state index is 0.165. The molecule has 1 aliphatic rings. The molecule has 0 atom stereocenters. The van der Waals surface area contributed by atoms with Gasteiger partial charge in [-0.15, -0.1) is 0 Å². The lowest BCUT2D eigenvalue weighted by Crippen LogP contribution is -2.25. The molecule has 0 spiro atoms. The summed E-state index contributed by atoms with van der Waals surface area (Å²) in [5, 5.41) is 0. The topological polar surface area (TPSA) is 24.7 Å². The standard InChI is InChI=1S/C29H44N2.2C2H6/c1-19(14-16-22(4)28(6,7)8)24-18-21(3)25(27(31-13)26(24)30-12)20(2)15-17-23(5)29(9,10)11;2*1-2/h14-18H,1-13H3;2*1-2H3/b19-14+,20-15+,22-16+,23-17+,30-26?,31-27?;;. The molecule has 35 heavy (non-hydrogen) atoms. The molecule has 0 N–H and O–H groups in total. The molecule has 0 heterocycles. The predicted molar refractivity (Wildman–Crippen MR) is 164 cm³/mol. The van der Waals surface area contributed by atoms with Crippen molar-refractivity contribution in [3.8, 4) is 0 Å². The Morgan fingerprint density at radius 1 is 0.629 bits per heavy atom. The van der Waals surface area contributed by atoms with E-state index in [4.69, 9.17) is 0 Å². The zero-order valence-corrected chi connectivity index (χ0v) is 26.3. The number of hydrogen-bond donors (Lipinski definition) is 0. The Balaban J connectivity index is 0. The van der Waals surface area contributed by atoms with Crippen LogP contribution in [-0.4, -0.2) is 25.5 Å². The van der Waals surface area contributed by atoms with Crippen LogP contribution in [0.3, 0.4) is 0 Å². The highest BCUT2D eigenvalue weighted by molar-refractivity contribution is 6.56. The largest absolute Gasteiger partial charge is 0.286 e. The van der Waals surface area contributed by atoms with Crippen LogP contribution in [-0.2, 0) is 0 Å². The van der Waals surface area contributed by atoms with Gasteiger partial charge in [0, 0.05) is 25.2 Å². The summed E-state index contributed by atoms with van der Waals surface area (Å²) in [6, 6.07) is 0. The van der Waals surface area contributed by atoms with Gasteiger partial charge in [-0.25, -0.2) is 0 Å². The van der Waals surface area contributed by atoms with E-state index in [0.717, 1.165) is 17.0 Å². The highest BCUT2D eigenvalue weighted by Gasteiger charge is 2.25. The van der Waals surface area contributed by atoms with Crippen LogP contribution in [0, 0.1) is 10.8 Å². The zero-order chi connectivity index (χ0) is 28.1. The van der Waals surface area contributed by atoms with Crippen molar-refractivity contribution in [3.05, 3.63) is 69.4 Å². The van der Waals surface area contributed by atoms with Crippen molar-refractivity contribution in [1.29, 1.82) is 0 Å². The summed E-state index contributed by atoms with van der Waals surface area (Å²) in [5.41, 5.74) is 10.9. The van der Waals surface area contributed by atoms with Crippen LogP contribution in [0.25, 0.3) is 0 Å². The normalized spacial score (nSPS) is 18.7. The minimum atomic E-state index is 0.165. The van der Waals surface area contributed by atoms with Crippen LogP contribution >= 0.6 is 0 Å². The van der Waals surface area contributed by atoms with Gasteiger partial charge in [0.15, 0.2) is 0 Å². The van der Waals surface area contributed by atoms with Crippen LogP contribution in [0.5, 0.6) is 0 Å². The first-order valence-corrected chi connectivity index (χ1v) is 13.2. The number of hydrogen-bond acceptors (Lipinski definition) is 2. The van der Waals surface area contributed by atoms with E-state index in [-0.39, 0.29) is 10.8 Å². The van der Waals surface area contributed by atoms with E-state index >= 15 is 0 Å². The Bertz CT molecular complexity index is 938. The second kappa shape index (κ2) is 15.7. The van der Waals surface area contributed by atoms with Gasteiger partial charge in [-0.05, 0) is 68.2 Å². The van der Waals surface area contributed by atoms with Crippen molar-refractivity contribution in [2.24, 2.45) is 20.8 Å². The fourth-order valence-electron chi connectivity index (χ4n) is 3.21. The molecule has 1 aliphatic carbocycles. The molecule has 1 rings (SSSR count). The van der Waals surface area contributed by atoms with E-state index in [2.05, 4.69) is 117 Å². The molecule has 2 heteroatoms. The third-order valence-electron chi connectivity index (χ3n) is 6.27. The molecule has 0 fully saturated rings. The molecular weight excluding hydrogens is 424 g/mol. The van der Waals surface area contributed by atoms with Gasteiger partial charge < -0.3 is 0 Å². The summed E-state index contributed by atoms with van der Waals surface area (Å²) in [4.78, 5) is 9.34. The molecular formula is C33H56N2. The van der Waals surface area contributed by atoms with Crippen LogP contribution < -0.4 is 0 Å². The van der Waals surface area contributed by atoms with E-state index in [1.165, 1.54) is 33.4 Å². The Morgan fingerprint density at radius 2 is 1.00 bits per heavy atom. The zero-order valence-electron chi connectivity index (χ0n) is 26.3. The second-order valence-electron chi connectivity index (χ2n) is 10.7. The molecule has 0 saturated carbocycles. The molecule has 0 aliphatic heterocycles. The van der Waals surface area contributed by atoms with Crippen molar-refractivity contribution in [3.63, 3.8) is 0 Å². The lowest BCUT2D eigenvalue weighted by molar-refractivity contribution is 0.504. The Labute approximate surface area is 219 Å². The van der Waals surface area contributed by atoms with Gasteiger partial charge in [0.25, 0.3) is 0 Å². The molecule has 0 aromatic carbocycles. The third kappa shape index (κ3) is 10.5. The first kappa shape index (κ1) is 34.9. The molecule has 2 nitrogen and oxygen atoms in total. The first-order valence-electron chi connectivity index (χ1n) is 13.2. The SMILES string of the molecule is CC.CC.CN=C1C(/C(C)=C/C=C(\C)C(C)(C)C)=CC(C)=C(/C(C)=C/C=C(\C)C(C)(C)C)C1=NC. The minimum Gasteiger partial charge on any atom is -0.286 e. The number of aliphatic imine (C=N–C) groups is 2. The summed E-state index contributed by atoms with van der Waals surface area (Å²) < 4.78 is 0. The van der Waals surface area contributed by atoms with Gasteiger partial charge in [-0.1, -0.05) is 105 Å². The number of nitrogens with zero attached hydrogens (tertiary/aromatic N) is 2. The molecule has 0 amide bonds. The predicted octanol–water partition coefficient (Wildman–Crippen LogP) is 10.3. The lowest BCUT2D eigenvalue weighted by atomic mass is 9.82. The van der Waals surface area contributed by atoms with Crippen LogP contribution in [0.4, 0.5) is 0 Å². The fourth-order valence-corrected chi connectivity index (χ4v) is 3.21. The molecule has 0 aromatic heterocycles. The van der Waals surface area contributed by atoms with E-state index in [9.17, 15) is 0 Å². The summed E-state index contributed by atoms with van der Waals surface area (Å²) in [5.74, 6) is 0. The maximum absolute atomic E-state index is 4.68. The molecule has 0 radical (unpaired) electrons. The maximum Gasteiger partial charge on any atom is 0.0906 e. The molecule has 0 unspecified atom stereocenters. The van der Waals surface area contributed by atoms with Crippen LogP contribution in [0.2, 0.25) is 0 Å². The van der Waals surface area contributed by atoms with Crippen LogP contribution in [0.15, 0.2) is 79.4 Å². The average molecular weight is 481 g/mol. The first-order chi connectivity index (χ1) is 16.1. The summed E-state index contributed by atoms with van der Waals surface area (Å²) in [7, 11) is 3.72. The Kier molecular flexibility index (Phi) is 15.7. The van der Waals surface area contributed by atoms with Crippen molar-refractivity contribution in [2.45, 2.75) is 104 Å². The highest BCUT2D eigenvalue weighted by Crippen LogP contribution is 2.31. The monoisotopic (exact) mass is 480 g/mol. The smallest absolute Gasteiger partial charge is 0.0906 e. The van der Waals surface area contributed by atoms with Gasteiger partial charge in [0.05, 0.1) is 11.4 Å². The van der Waals surface area contributed by atoms with Crippen molar-refractivity contribution >= 4 is 11.4 Å². The van der Waals surface area contributed by atoms with Gasteiger partial charge in [0.2, 0.25) is 0 Å². The summed E-state index contributed by atoms with van der Waals surface area (Å²) >= 11 is 0. The molecule has 0 saturated heterocycles.